The van der Waals surface area contributed by atoms with E-state index >= 15 is 0 Å². The van der Waals surface area contributed by atoms with Crippen LogP contribution in [0.15, 0.2) is 6.20 Å². The Bertz CT molecular complexity index is 375. The normalized spacial score (nSPS) is 20.2. The molecule has 3 nitrogen and oxygen atoms in total. The smallest absolute Gasteiger partial charge is 0.185 e. The summed E-state index contributed by atoms with van der Waals surface area (Å²) in [6.07, 6.45) is 7.31. The third kappa shape index (κ3) is 4.18. The van der Waals surface area contributed by atoms with Crippen molar-refractivity contribution in [3.63, 3.8) is 0 Å². The average molecular weight is 281 g/mol. The van der Waals surface area contributed by atoms with E-state index in [-0.39, 0.29) is 0 Å². The molecule has 1 N–H and O–H groups in total. The van der Waals surface area contributed by atoms with Crippen LogP contribution in [0.2, 0.25) is 0 Å². The van der Waals surface area contributed by atoms with Gasteiger partial charge in [0.05, 0.1) is 0 Å². The number of aromatic nitrogens is 1. The van der Waals surface area contributed by atoms with Crippen LogP contribution < -0.4 is 10.2 Å². The minimum absolute atomic E-state index is 0.705. The lowest BCUT2D eigenvalue weighted by Crippen LogP contribution is -2.38. The summed E-state index contributed by atoms with van der Waals surface area (Å²) in [6.45, 7) is 10.00. The van der Waals surface area contributed by atoms with Crippen LogP contribution in [0.3, 0.4) is 0 Å². The summed E-state index contributed by atoms with van der Waals surface area (Å²) in [6, 6.07) is 0.705. The molecular weight excluding hydrogens is 254 g/mol. The Kier molecular flexibility index (Phi) is 5.64. The molecule has 0 aromatic carbocycles. The number of rotatable bonds is 6. The Balaban J connectivity index is 1.91. The number of thiazole rings is 1. The van der Waals surface area contributed by atoms with Crippen LogP contribution >= 0.6 is 11.3 Å². The molecule has 0 saturated carbocycles. The van der Waals surface area contributed by atoms with Crippen molar-refractivity contribution >= 4 is 16.5 Å². The maximum Gasteiger partial charge on any atom is 0.185 e. The number of piperidine rings is 1. The van der Waals surface area contributed by atoms with Crippen molar-refractivity contribution in [1.29, 1.82) is 0 Å². The van der Waals surface area contributed by atoms with Gasteiger partial charge in [-0.3, -0.25) is 0 Å². The first-order chi connectivity index (χ1) is 9.20. The van der Waals surface area contributed by atoms with Crippen molar-refractivity contribution in [3.8, 4) is 0 Å². The van der Waals surface area contributed by atoms with E-state index < -0.39 is 0 Å². The van der Waals surface area contributed by atoms with Gasteiger partial charge >= 0.3 is 0 Å². The molecule has 0 radical (unpaired) electrons. The number of nitrogens with zero attached hydrogens (tertiary/aromatic N) is 2. The second kappa shape index (κ2) is 7.25. The maximum absolute atomic E-state index is 4.64. The number of anilines is 1. The van der Waals surface area contributed by atoms with Gasteiger partial charge in [0.2, 0.25) is 0 Å². The van der Waals surface area contributed by atoms with E-state index in [4.69, 9.17) is 0 Å². The van der Waals surface area contributed by atoms with Gasteiger partial charge in [-0.2, -0.15) is 0 Å². The van der Waals surface area contributed by atoms with Gasteiger partial charge in [-0.05, 0) is 38.1 Å². The van der Waals surface area contributed by atoms with Crippen LogP contribution in [-0.4, -0.2) is 24.1 Å². The van der Waals surface area contributed by atoms with E-state index in [1.807, 2.05) is 11.3 Å². The molecule has 0 amide bonds. The number of hydrogen-bond acceptors (Lipinski definition) is 4. The fraction of sp³-hybridized carbons (Fsp3) is 0.800. The van der Waals surface area contributed by atoms with Gasteiger partial charge in [0.1, 0.15) is 0 Å². The summed E-state index contributed by atoms with van der Waals surface area (Å²) in [5, 5.41) is 4.72. The molecule has 0 spiro atoms. The quantitative estimate of drug-likeness (QED) is 0.862. The lowest BCUT2D eigenvalue weighted by Gasteiger charge is -2.34. The topological polar surface area (TPSA) is 28.2 Å². The van der Waals surface area contributed by atoms with Crippen LogP contribution in [0.25, 0.3) is 0 Å². The first-order valence-corrected chi connectivity index (χ1v) is 8.44. The maximum atomic E-state index is 4.64. The summed E-state index contributed by atoms with van der Waals surface area (Å²) >= 11 is 1.86. The summed E-state index contributed by atoms with van der Waals surface area (Å²) in [7, 11) is 0. The highest BCUT2D eigenvalue weighted by atomic mass is 32.1. The van der Waals surface area contributed by atoms with E-state index in [0.29, 0.717) is 12.0 Å². The van der Waals surface area contributed by atoms with Crippen molar-refractivity contribution in [3.05, 3.63) is 11.1 Å². The van der Waals surface area contributed by atoms with Crippen LogP contribution in [-0.2, 0) is 6.54 Å². The largest absolute Gasteiger partial charge is 0.345 e. The van der Waals surface area contributed by atoms with Crippen LogP contribution in [0.5, 0.6) is 0 Å². The Morgan fingerprint density at radius 1 is 1.47 bits per heavy atom. The molecular formula is C15H27N3S. The Hall–Kier alpha value is -0.610. The fourth-order valence-electron chi connectivity index (χ4n) is 2.67. The highest BCUT2D eigenvalue weighted by Crippen LogP contribution is 2.30. The Morgan fingerprint density at radius 2 is 2.32 bits per heavy atom. The predicted octanol–water partition coefficient (Wildman–Crippen LogP) is 3.66. The molecule has 0 bridgehead atoms. The molecule has 1 aromatic heterocycles. The van der Waals surface area contributed by atoms with Gasteiger partial charge in [-0.25, -0.2) is 4.98 Å². The van der Waals surface area contributed by atoms with E-state index in [2.05, 4.69) is 42.2 Å². The molecule has 19 heavy (non-hydrogen) atoms. The van der Waals surface area contributed by atoms with E-state index in [0.717, 1.165) is 13.1 Å². The third-order valence-electron chi connectivity index (χ3n) is 3.74. The average Bonchev–Trinajstić information content (AvgIpc) is 2.87. The molecule has 108 valence electrons. The van der Waals surface area contributed by atoms with Crippen molar-refractivity contribution in [1.82, 2.24) is 10.3 Å². The third-order valence-corrected chi connectivity index (χ3v) is 4.77. The van der Waals surface area contributed by atoms with Crippen molar-refractivity contribution < 1.29 is 0 Å². The Morgan fingerprint density at radius 3 is 3.05 bits per heavy atom. The second-order valence-electron chi connectivity index (χ2n) is 5.89. The number of nitrogens with one attached hydrogen (secondary N) is 1. The second-order valence-corrected chi connectivity index (χ2v) is 6.98. The highest BCUT2D eigenvalue weighted by Gasteiger charge is 2.23. The SMILES string of the molecule is CCC1CCCCN1c1ncc(CNCC(C)C)s1. The molecule has 2 heterocycles. The summed E-state index contributed by atoms with van der Waals surface area (Å²) in [4.78, 5) is 8.53. The van der Waals surface area contributed by atoms with Crippen LogP contribution in [0.1, 0.15) is 51.3 Å². The monoisotopic (exact) mass is 281 g/mol. The summed E-state index contributed by atoms with van der Waals surface area (Å²) in [5.41, 5.74) is 0. The van der Waals surface area contributed by atoms with Gasteiger partial charge in [-0.1, -0.05) is 20.8 Å². The molecule has 1 atom stereocenters. The molecule has 1 aromatic rings. The van der Waals surface area contributed by atoms with Gasteiger partial charge in [0, 0.05) is 30.2 Å². The van der Waals surface area contributed by atoms with Crippen molar-refractivity contribution in [2.75, 3.05) is 18.0 Å². The molecule has 1 unspecified atom stereocenters. The molecule has 1 aliphatic rings. The zero-order valence-electron chi connectivity index (χ0n) is 12.5. The van der Waals surface area contributed by atoms with E-state index in [1.165, 1.54) is 42.2 Å². The zero-order chi connectivity index (χ0) is 13.7. The van der Waals surface area contributed by atoms with E-state index in [1.54, 1.807) is 0 Å². The standard InChI is InChI=1S/C15H27N3S/c1-4-13-7-5-6-8-18(13)15-17-11-14(19-15)10-16-9-12(2)3/h11-13,16H,4-10H2,1-3H3. The molecule has 2 rings (SSSR count). The summed E-state index contributed by atoms with van der Waals surface area (Å²) < 4.78 is 0. The molecule has 1 saturated heterocycles. The zero-order valence-corrected chi connectivity index (χ0v) is 13.3. The van der Waals surface area contributed by atoms with E-state index in [9.17, 15) is 0 Å². The fourth-order valence-corrected chi connectivity index (χ4v) is 3.65. The first-order valence-electron chi connectivity index (χ1n) is 7.62. The number of hydrogen-bond donors (Lipinski definition) is 1. The van der Waals surface area contributed by atoms with Gasteiger partial charge in [0.15, 0.2) is 5.13 Å². The Labute approximate surface area is 121 Å². The molecule has 1 fully saturated rings. The van der Waals surface area contributed by atoms with Crippen molar-refractivity contribution in [2.24, 2.45) is 5.92 Å². The first kappa shape index (κ1) is 14.8. The van der Waals surface area contributed by atoms with Gasteiger partial charge in [0.25, 0.3) is 0 Å². The predicted molar refractivity (Wildman–Crippen MR) is 83.9 cm³/mol. The van der Waals surface area contributed by atoms with Crippen LogP contribution in [0, 0.1) is 5.92 Å². The summed E-state index contributed by atoms with van der Waals surface area (Å²) in [5.74, 6) is 0.707. The molecule has 0 aliphatic carbocycles. The highest BCUT2D eigenvalue weighted by molar-refractivity contribution is 7.15. The molecule has 4 heteroatoms. The van der Waals surface area contributed by atoms with Gasteiger partial charge < -0.3 is 10.2 Å². The lowest BCUT2D eigenvalue weighted by molar-refractivity contribution is 0.449. The van der Waals surface area contributed by atoms with Crippen LogP contribution in [0.4, 0.5) is 5.13 Å². The lowest BCUT2D eigenvalue weighted by atomic mass is 10.0. The minimum atomic E-state index is 0.705. The molecule has 1 aliphatic heterocycles. The van der Waals surface area contributed by atoms with Crippen molar-refractivity contribution in [2.45, 2.75) is 59.0 Å². The van der Waals surface area contributed by atoms with Gasteiger partial charge in [-0.15, -0.1) is 11.3 Å². The minimum Gasteiger partial charge on any atom is -0.345 e.